The third kappa shape index (κ3) is 4.95. The van der Waals surface area contributed by atoms with Crippen molar-refractivity contribution in [2.75, 3.05) is 38.1 Å². The number of halogens is 1. The molecule has 1 aliphatic carbocycles. The largest absolute Gasteiger partial charge is 0.450 e. The van der Waals surface area contributed by atoms with E-state index in [0.717, 1.165) is 36.5 Å². The maximum Gasteiger partial charge on any atom is 0.409 e. The van der Waals surface area contributed by atoms with Gasteiger partial charge in [-0.15, -0.1) is 11.3 Å². The summed E-state index contributed by atoms with van der Waals surface area (Å²) in [4.78, 5) is 29.8. The van der Waals surface area contributed by atoms with Crippen LogP contribution in [0.25, 0.3) is 0 Å². The van der Waals surface area contributed by atoms with Crippen LogP contribution >= 0.6 is 22.9 Å². The number of benzene rings is 1. The van der Waals surface area contributed by atoms with Crippen molar-refractivity contribution < 1.29 is 14.3 Å². The van der Waals surface area contributed by atoms with E-state index in [9.17, 15) is 9.59 Å². The highest BCUT2D eigenvalue weighted by Gasteiger charge is 2.34. The van der Waals surface area contributed by atoms with Gasteiger partial charge in [0.25, 0.3) is 0 Å². The lowest BCUT2D eigenvalue weighted by atomic mass is 9.88. The van der Waals surface area contributed by atoms with E-state index in [1.54, 1.807) is 23.2 Å². The van der Waals surface area contributed by atoms with Crippen molar-refractivity contribution in [3.8, 4) is 0 Å². The number of nitrogens with zero attached hydrogens (tertiary/aromatic N) is 2. The van der Waals surface area contributed by atoms with Crippen molar-refractivity contribution >= 4 is 39.9 Å². The number of nitrogens with one attached hydrogen (secondary N) is 1. The maximum atomic E-state index is 12.2. The Hall–Kier alpha value is -2.09. The fourth-order valence-electron chi connectivity index (χ4n) is 4.71. The fourth-order valence-corrected chi connectivity index (χ4v) is 6.21. The van der Waals surface area contributed by atoms with Crippen LogP contribution in [0.15, 0.2) is 24.3 Å². The van der Waals surface area contributed by atoms with Crippen LogP contribution in [0.5, 0.6) is 0 Å². The number of aryl methyl sites for hydroxylation is 1. The van der Waals surface area contributed by atoms with Crippen molar-refractivity contribution in [2.24, 2.45) is 0 Å². The second kappa shape index (κ2) is 10.2. The maximum absolute atomic E-state index is 12.2. The van der Waals surface area contributed by atoms with Crippen LogP contribution in [0, 0.1) is 0 Å². The minimum Gasteiger partial charge on any atom is -0.450 e. The van der Waals surface area contributed by atoms with Gasteiger partial charge in [-0.25, -0.2) is 4.79 Å². The number of piperazine rings is 1. The molecule has 1 saturated heterocycles. The first-order chi connectivity index (χ1) is 15.5. The smallest absolute Gasteiger partial charge is 0.409 e. The second-order valence-electron chi connectivity index (χ2n) is 8.31. The molecule has 0 saturated carbocycles. The van der Waals surface area contributed by atoms with Gasteiger partial charge in [-0.05, 0) is 55.9 Å². The predicted molar refractivity (Wildman–Crippen MR) is 129 cm³/mol. The van der Waals surface area contributed by atoms with E-state index in [1.165, 1.54) is 28.8 Å². The first-order valence-electron chi connectivity index (χ1n) is 11.3. The fraction of sp³-hybridized carbons (Fsp3) is 0.500. The number of fused-ring (bicyclic) bond motifs is 1. The van der Waals surface area contributed by atoms with E-state index in [2.05, 4.69) is 22.3 Å². The molecular weight excluding hydrogens is 446 g/mol. The quantitative estimate of drug-likeness (QED) is 0.653. The van der Waals surface area contributed by atoms with Gasteiger partial charge in [0.05, 0.1) is 12.6 Å². The first kappa shape index (κ1) is 23.1. The number of carbonyl (C=O) groups excluding carboxylic acids is 2. The van der Waals surface area contributed by atoms with Crippen LogP contribution in [-0.4, -0.2) is 54.6 Å². The molecule has 1 unspecified atom stereocenters. The number of carbonyl (C=O) groups is 2. The lowest BCUT2D eigenvalue weighted by Crippen LogP contribution is -2.50. The van der Waals surface area contributed by atoms with E-state index in [1.807, 2.05) is 19.1 Å². The van der Waals surface area contributed by atoms with E-state index in [-0.39, 0.29) is 18.0 Å². The van der Waals surface area contributed by atoms with E-state index < -0.39 is 0 Å². The number of amides is 2. The summed E-state index contributed by atoms with van der Waals surface area (Å²) in [7, 11) is 0. The van der Waals surface area contributed by atoms with Crippen LogP contribution < -0.4 is 5.32 Å². The Morgan fingerprint density at radius 2 is 1.81 bits per heavy atom. The molecule has 2 aromatic rings. The summed E-state index contributed by atoms with van der Waals surface area (Å²) in [5.41, 5.74) is 3.75. The number of rotatable bonds is 5. The van der Waals surface area contributed by atoms with Gasteiger partial charge in [0, 0.05) is 48.6 Å². The predicted octanol–water partition coefficient (Wildman–Crippen LogP) is 5.10. The summed E-state index contributed by atoms with van der Waals surface area (Å²) in [6.45, 7) is 6.47. The molecule has 0 radical (unpaired) electrons. The van der Waals surface area contributed by atoms with E-state index in [4.69, 9.17) is 16.3 Å². The summed E-state index contributed by atoms with van der Waals surface area (Å²) in [5, 5.41) is 4.78. The van der Waals surface area contributed by atoms with Crippen molar-refractivity contribution in [3.05, 3.63) is 50.9 Å². The highest BCUT2D eigenvalue weighted by Crippen LogP contribution is 2.45. The summed E-state index contributed by atoms with van der Waals surface area (Å²) in [5.74, 6) is -0.0492. The first-order valence-corrected chi connectivity index (χ1v) is 12.5. The van der Waals surface area contributed by atoms with Gasteiger partial charge in [-0.1, -0.05) is 23.7 Å². The average molecular weight is 476 g/mol. The van der Waals surface area contributed by atoms with Crippen molar-refractivity contribution in [2.45, 2.75) is 45.6 Å². The third-order valence-corrected chi connectivity index (χ3v) is 7.64. The van der Waals surface area contributed by atoms with Gasteiger partial charge >= 0.3 is 6.09 Å². The summed E-state index contributed by atoms with van der Waals surface area (Å²) < 4.78 is 5.19. The summed E-state index contributed by atoms with van der Waals surface area (Å²) in [6.07, 6.45) is 4.21. The molecular formula is C24H30ClN3O3S. The van der Waals surface area contributed by atoms with Gasteiger partial charge in [0.2, 0.25) is 5.91 Å². The molecule has 2 heterocycles. The molecule has 1 N–H and O–H groups in total. The number of hydrogen-bond donors (Lipinski definition) is 1. The molecule has 6 nitrogen and oxygen atoms in total. The van der Waals surface area contributed by atoms with Gasteiger partial charge in [0.15, 0.2) is 0 Å². The average Bonchev–Trinajstić information content (AvgIpc) is 3.13. The molecule has 172 valence electrons. The Morgan fingerprint density at radius 1 is 1.12 bits per heavy atom. The van der Waals surface area contributed by atoms with Crippen molar-refractivity contribution in [3.63, 3.8) is 0 Å². The second-order valence-corrected chi connectivity index (χ2v) is 9.85. The Bertz CT molecular complexity index is 968. The Kier molecular flexibility index (Phi) is 7.38. The molecule has 0 spiro atoms. The summed E-state index contributed by atoms with van der Waals surface area (Å²) in [6, 6.07) is 8.01. The van der Waals surface area contributed by atoms with Crippen LogP contribution in [0.2, 0.25) is 5.02 Å². The number of anilines is 1. The van der Waals surface area contributed by atoms with Crippen molar-refractivity contribution in [1.82, 2.24) is 9.80 Å². The topological polar surface area (TPSA) is 61.9 Å². The normalized spacial score (nSPS) is 17.5. The molecule has 2 aliphatic rings. The number of ether oxygens (including phenoxy) is 1. The standard InChI is InChI=1S/C24H30ClN3O3S/c1-3-31-24(30)28-14-12-27(13-15-28)22(17-8-10-18(25)11-9-17)21-19-6-4-5-7-20(19)32-23(21)26-16(2)29/h8-11,22H,3-7,12-15H2,1-2H3,(H,26,29). The van der Waals surface area contributed by atoms with Gasteiger partial charge in [-0.3, -0.25) is 9.69 Å². The lowest BCUT2D eigenvalue weighted by molar-refractivity contribution is -0.114. The zero-order chi connectivity index (χ0) is 22.7. The van der Waals surface area contributed by atoms with Gasteiger partial charge in [-0.2, -0.15) is 0 Å². The lowest BCUT2D eigenvalue weighted by Gasteiger charge is -2.40. The Morgan fingerprint density at radius 3 is 2.47 bits per heavy atom. The molecule has 0 bridgehead atoms. The Balaban J connectivity index is 1.72. The summed E-state index contributed by atoms with van der Waals surface area (Å²) >= 11 is 7.92. The molecule has 1 aliphatic heterocycles. The minimum absolute atomic E-state index is 0.00318. The zero-order valence-corrected chi connectivity index (χ0v) is 20.2. The van der Waals surface area contributed by atoms with Crippen LogP contribution in [0.4, 0.5) is 9.80 Å². The zero-order valence-electron chi connectivity index (χ0n) is 18.7. The molecule has 1 aromatic carbocycles. The minimum atomic E-state index is -0.248. The molecule has 32 heavy (non-hydrogen) atoms. The van der Waals surface area contributed by atoms with E-state index >= 15 is 0 Å². The molecule has 1 atom stereocenters. The van der Waals surface area contributed by atoms with Gasteiger partial charge in [0.1, 0.15) is 5.00 Å². The highest BCUT2D eigenvalue weighted by atomic mass is 35.5. The van der Waals surface area contributed by atoms with Crippen molar-refractivity contribution in [1.29, 1.82) is 0 Å². The number of hydrogen-bond acceptors (Lipinski definition) is 5. The van der Waals surface area contributed by atoms with Crippen LogP contribution in [0.1, 0.15) is 54.3 Å². The molecule has 1 aromatic heterocycles. The number of thiophene rings is 1. The van der Waals surface area contributed by atoms with Gasteiger partial charge < -0.3 is 15.0 Å². The SMILES string of the molecule is CCOC(=O)N1CCN(C(c2ccc(Cl)cc2)c2c(NC(C)=O)sc3c2CCCC3)CC1. The molecule has 2 amide bonds. The molecule has 8 heteroatoms. The Labute approximate surface area is 198 Å². The monoisotopic (exact) mass is 475 g/mol. The van der Waals surface area contributed by atoms with Crippen LogP contribution in [-0.2, 0) is 22.4 Å². The molecule has 4 rings (SSSR count). The van der Waals surface area contributed by atoms with Crippen LogP contribution in [0.3, 0.4) is 0 Å². The molecule has 1 fully saturated rings. The van der Waals surface area contributed by atoms with E-state index in [0.29, 0.717) is 24.7 Å². The highest BCUT2D eigenvalue weighted by molar-refractivity contribution is 7.16. The third-order valence-electron chi connectivity index (χ3n) is 6.17.